The smallest absolute Gasteiger partial charge is 0.359 e. The first-order valence-electron chi connectivity index (χ1n) is 8.30. The standard InChI is InChI=1S/C17H27N3O3Si.ClH/c1-5-23-17(21)16-14-10-13(11-18)6-7-15(14)20(19-16)12-22-8-9-24(2,3)4;/h6-7,10H,5,8-9,11-12,18H2,1-4H3;1H. The topological polar surface area (TPSA) is 79.4 Å². The molecule has 8 heteroatoms. The van der Waals surface area contributed by atoms with Crippen molar-refractivity contribution in [3.63, 3.8) is 0 Å². The summed E-state index contributed by atoms with van der Waals surface area (Å²) >= 11 is 0. The van der Waals surface area contributed by atoms with Crippen molar-refractivity contribution in [2.75, 3.05) is 13.2 Å². The number of rotatable bonds is 8. The summed E-state index contributed by atoms with van der Waals surface area (Å²) in [5, 5.41) is 5.16. The highest BCUT2D eigenvalue weighted by molar-refractivity contribution is 6.76. The molecule has 0 atom stereocenters. The molecule has 2 aromatic rings. The van der Waals surface area contributed by atoms with E-state index in [1.54, 1.807) is 11.6 Å². The monoisotopic (exact) mass is 385 g/mol. The molecule has 0 aliphatic rings. The fraction of sp³-hybridized carbons (Fsp3) is 0.529. The van der Waals surface area contributed by atoms with Gasteiger partial charge < -0.3 is 15.2 Å². The van der Waals surface area contributed by atoms with Crippen molar-refractivity contribution < 1.29 is 14.3 Å². The van der Waals surface area contributed by atoms with Gasteiger partial charge in [-0.2, -0.15) is 5.10 Å². The number of esters is 1. The van der Waals surface area contributed by atoms with E-state index >= 15 is 0 Å². The summed E-state index contributed by atoms with van der Waals surface area (Å²) in [7, 11) is -1.13. The Kier molecular flexibility index (Phi) is 8.07. The third-order valence-corrected chi connectivity index (χ3v) is 5.43. The molecular formula is C17H28ClN3O3Si. The van der Waals surface area contributed by atoms with Crippen LogP contribution in [-0.4, -0.2) is 37.0 Å². The van der Waals surface area contributed by atoms with Crippen LogP contribution in [0.1, 0.15) is 23.0 Å². The SMILES string of the molecule is CCOC(=O)c1nn(COCC[Si](C)(C)C)c2ccc(CN)cc12.Cl. The molecule has 0 aliphatic heterocycles. The highest BCUT2D eigenvalue weighted by atomic mass is 35.5. The van der Waals surface area contributed by atoms with Gasteiger partial charge in [0.25, 0.3) is 0 Å². The Balaban J connectivity index is 0.00000312. The molecule has 1 aromatic carbocycles. The Morgan fingerprint density at radius 3 is 2.64 bits per heavy atom. The molecule has 0 saturated carbocycles. The van der Waals surface area contributed by atoms with Crippen molar-refractivity contribution in [1.29, 1.82) is 0 Å². The second kappa shape index (κ2) is 9.33. The molecular weight excluding hydrogens is 358 g/mol. The Morgan fingerprint density at radius 2 is 2.04 bits per heavy atom. The Bertz CT molecular complexity index is 713. The lowest BCUT2D eigenvalue weighted by Gasteiger charge is -2.15. The average Bonchev–Trinajstić information content (AvgIpc) is 2.89. The van der Waals surface area contributed by atoms with Crippen LogP contribution in [0.15, 0.2) is 18.2 Å². The number of ether oxygens (including phenoxy) is 2. The Morgan fingerprint density at radius 1 is 1.32 bits per heavy atom. The van der Waals surface area contributed by atoms with Gasteiger partial charge in [0.05, 0.1) is 12.1 Å². The second-order valence-corrected chi connectivity index (χ2v) is 12.6. The molecule has 140 valence electrons. The number of carbonyl (C=O) groups excluding carboxylic acids is 1. The lowest BCUT2D eigenvalue weighted by Crippen LogP contribution is -2.22. The quantitative estimate of drug-likeness (QED) is 0.428. The van der Waals surface area contributed by atoms with Crippen molar-refractivity contribution in [2.45, 2.75) is 45.9 Å². The minimum Gasteiger partial charge on any atom is -0.461 e. The number of carbonyl (C=O) groups is 1. The maximum absolute atomic E-state index is 12.2. The van der Waals surface area contributed by atoms with E-state index in [0.717, 1.165) is 22.5 Å². The van der Waals surface area contributed by atoms with Crippen LogP contribution in [-0.2, 0) is 22.7 Å². The van der Waals surface area contributed by atoms with Crippen LogP contribution < -0.4 is 5.73 Å². The normalized spacial score (nSPS) is 11.4. The summed E-state index contributed by atoms with van der Waals surface area (Å²) in [6.45, 7) is 10.5. The highest BCUT2D eigenvalue weighted by Crippen LogP contribution is 2.21. The number of benzene rings is 1. The number of hydrogen-bond acceptors (Lipinski definition) is 5. The van der Waals surface area contributed by atoms with E-state index in [1.165, 1.54) is 0 Å². The first kappa shape index (κ1) is 21.6. The van der Waals surface area contributed by atoms with Gasteiger partial charge in [-0.05, 0) is 30.7 Å². The zero-order valence-electron chi connectivity index (χ0n) is 15.4. The first-order valence-corrected chi connectivity index (χ1v) is 12.0. The van der Waals surface area contributed by atoms with Crippen molar-refractivity contribution in [2.24, 2.45) is 5.73 Å². The lowest BCUT2D eigenvalue weighted by molar-refractivity contribution is 0.0513. The van der Waals surface area contributed by atoms with Crippen LogP contribution >= 0.6 is 12.4 Å². The van der Waals surface area contributed by atoms with Gasteiger partial charge in [0.1, 0.15) is 6.73 Å². The van der Waals surface area contributed by atoms with Gasteiger partial charge in [0, 0.05) is 26.6 Å². The van der Waals surface area contributed by atoms with Crippen molar-refractivity contribution in [3.05, 3.63) is 29.5 Å². The largest absolute Gasteiger partial charge is 0.461 e. The molecule has 1 aromatic heterocycles. The molecule has 0 unspecified atom stereocenters. The number of halogens is 1. The zero-order chi connectivity index (χ0) is 17.7. The fourth-order valence-electron chi connectivity index (χ4n) is 2.33. The van der Waals surface area contributed by atoms with Crippen LogP contribution in [0.3, 0.4) is 0 Å². The van der Waals surface area contributed by atoms with Gasteiger partial charge in [0.15, 0.2) is 5.69 Å². The zero-order valence-corrected chi connectivity index (χ0v) is 17.2. The van der Waals surface area contributed by atoms with Crippen molar-refractivity contribution in [1.82, 2.24) is 9.78 Å². The van der Waals surface area contributed by atoms with Crippen LogP contribution in [0.5, 0.6) is 0 Å². The predicted octanol–water partition coefficient (Wildman–Crippen LogP) is 3.41. The highest BCUT2D eigenvalue weighted by Gasteiger charge is 2.19. The maximum Gasteiger partial charge on any atom is 0.359 e. The van der Waals surface area contributed by atoms with Crippen LogP contribution in [0.25, 0.3) is 10.9 Å². The molecule has 25 heavy (non-hydrogen) atoms. The van der Waals surface area contributed by atoms with Crippen LogP contribution in [0, 0.1) is 0 Å². The van der Waals surface area contributed by atoms with E-state index < -0.39 is 14.0 Å². The van der Waals surface area contributed by atoms with Crippen molar-refractivity contribution >= 4 is 37.4 Å². The summed E-state index contributed by atoms with van der Waals surface area (Å²) in [5.41, 5.74) is 7.82. The van der Waals surface area contributed by atoms with Gasteiger partial charge >= 0.3 is 5.97 Å². The minimum atomic E-state index is -1.13. The summed E-state index contributed by atoms with van der Waals surface area (Å²) in [4.78, 5) is 12.2. The lowest BCUT2D eigenvalue weighted by atomic mass is 10.1. The molecule has 1 heterocycles. The predicted molar refractivity (Wildman–Crippen MR) is 105 cm³/mol. The van der Waals surface area contributed by atoms with Crippen molar-refractivity contribution in [3.8, 4) is 0 Å². The maximum atomic E-state index is 12.2. The molecule has 0 spiro atoms. The Labute approximate surface area is 156 Å². The molecule has 0 radical (unpaired) electrons. The van der Waals surface area contributed by atoms with E-state index in [-0.39, 0.29) is 12.4 Å². The molecule has 0 aliphatic carbocycles. The van der Waals surface area contributed by atoms with E-state index in [0.29, 0.717) is 32.2 Å². The van der Waals surface area contributed by atoms with Gasteiger partial charge in [-0.1, -0.05) is 25.7 Å². The van der Waals surface area contributed by atoms with E-state index in [9.17, 15) is 4.79 Å². The number of hydrogen-bond donors (Lipinski definition) is 1. The summed E-state index contributed by atoms with van der Waals surface area (Å²) in [6, 6.07) is 6.86. The fourth-order valence-corrected chi connectivity index (χ4v) is 3.09. The number of fused-ring (bicyclic) bond motifs is 1. The van der Waals surface area contributed by atoms with Gasteiger partial charge in [0.2, 0.25) is 0 Å². The molecule has 2 N–H and O–H groups in total. The third kappa shape index (κ3) is 5.81. The molecule has 0 fully saturated rings. The molecule has 0 saturated heterocycles. The van der Waals surface area contributed by atoms with Gasteiger partial charge in [-0.3, -0.25) is 0 Å². The molecule has 0 amide bonds. The number of nitrogens with zero attached hydrogens (tertiary/aromatic N) is 2. The van der Waals surface area contributed by atoms with E-state index in [1.807, 2.05) is 18.2 Å². The first-order chi connectivity index (χ1) is 11.4. The second-order valence-electron chi connectivity index (χ2n) is 6.97. The van der Waals surface area contributed by atoms with Gasteiger partial charge in [-0.25, -0.2) is 9.48 Å². The molecule has 2 rings (SSSR count). The minimum absolute atomic E-state index is 0. The van der Waals surface area contributed by atoms with Crippen LogP contribution in [0.2, 0.25) is 25.7 Å². The summed E-state index contributed by atoms with van der Waals surface area (Å²) < 4.78 is 12.6. The van der Waals surface area contributed by atoms with E-state index in [4.69, 9.17) is 15.2 Å². The molecule has 0 bridgehead atoms. The number of aromatic nitrogens is 2. The molecule has 6 nitrogen and oxygen atoms in total. The number of nitrogens with two attached hydrogens (primary N) is 1. The summed E-state index contributed by atoms with van der Waals surface area (Å²) in [6.07, 6.45) is 0. The van der Waals surface area contributed by atoms with Gasteiger partial charge in [-0.15, -0.1) is 12.4 Å². The third-order valence-electron chi connectivity index (χ3n) is 3.73. The Hall–Kier alpha value is -1.41. The van der Waals surface area contributed by atoms with E-state index in [2.05, 4.69) is 24.7 Å². The average molecular weight is 386 g/mol. The van der Waals surface area contributed by atoms with Crippen LogP contribution in [0.4, 0.5) is 0 Å². The summed E-state index contributed by atoms with van der Waals surface area (Å²) in [5.74, 6) is -0.419.